The van der Waals surface area contributed by atoms with E-state index in [1.165, 1.54) is 12.1 Å². The summed E-state index contributed by atoms with van der Waals surface area (Å²) in [5.74, 6) is -0.706. The van der Waals surface area contributed by atoms with E-state index in [4.69, 9.17) is 10.5 Å². The first-order valence-corrected chi connectivity index (χ1v) is 6.46. The van der Waals surface area contributed by atoms with Gasteiger partial charge in [0.1, 0.15) is 12.4 Å². The highest BCUT2D eigenvalue weighted by atomic mass is 19.1. The summed E-state index contributed by atoms with van der Waals surface area (Å²) < 4.78 is 32.6. The molecule has 0 aliphatic rings. The first-order chi connectivity index (χ1) is 9.56. The average molecular weight is 277 g/mol. The van der Waals surface area contributed by atoms with Gasteiger partial charge in [-0.3, -0.25) is 0 Å². The van der Waals surface area contributed by atoms with Gasteiger partial charge in [-0.15, -0.1) is 0 Å². The maximum atomic E-state index is 13.8. The summed E-state index contributed by atoms with van der Waals surface area (Å²) in [4.78, 5) is 0. The quantitative estimate of drug-likeness (QED) is 0.908. The Kier molecular flexibility index (Phi) is 4.69. The Hall–Kier alpha value is -1.94. The Morgan fingerprint density at radius 3 is 2.50 bits per heavy atom. The van der Waals surface area contributed by atoms with E-state index in [2.05, 4.69) is 0 Å². The van der Waals surface area contributed by atoms with Gasteiger partial charge < -0.3 is 10.5 Å². The van der Waals surface area contributed by atoms with E-state index >= 15 is 0 Å². The molecule has 2 aromatic carbocycles. The van der Waals surface area contributed by atoms with E-state index in [9.17, 15) is 8.78 Å². The number of nitrogens with two attached hydrogens (primary N) is 1. The zero-order valence-corrected chi connectivity index (χ0v) is 11.3. The predicted octanol–water partition coefficient (Wildman–Crippen LogP) is 3.43. The third-order valence-electron chi connectivity index (χ3n) is 2.89. The van der Waals surface area contributed by atoms with Crippen molar-refractivity contribution < 1.29 is 13.5 Å². The van der Waals surface area contributed by atoms with Crippen molar-refractivity contribution in [2.75, 3.05) is 0 Å². The fraction of sp³-hybridized carbons (Fsp3) is 0.250. The minimum atomic E-state index is -0.459. The molecular formula is C16H17F2NO. The molecule has 0 heterocycles. The van der Waals surface area contributed by atoms with E-state index < -0.39 is 5.82 Å². The molecular weight excluding hydrogens is 260 g/mol. The maximum Gasteiger partial charge on any atom is 0.165 e. The third kappa shape index (κ3) is 3.78. The van der Waals surface area contributed by atoms with E-state index in [-0.39, 0.29) is 24.2 Å². The van der Waals surface area contributed by atoms with Crippen LogP contribution in [0.25, 0.3) is 0 Å². The van der Waals surface area contributed by atoms with Crippen molar-refractivity contribution in [3.8, 4) is 5.75 Å². The van der Waals surface area contributed by atoms with Crippen LogP contribution in [0.4, 0.5) is 8.78 Å². The lowest BCUT2D eigenvalue weighted by molar-refractivity contribution is 0.284. The van der Waals surface area contributed by atoms with Crippen molar-refractivity contribution >= 4 is 0 Å². The number of rotatable bonds is 5. The number of hydrogen-bond donors (Lipinski definition) is 1. The first kappa shape index (κ1) is 14.5. The molecule has 0 spiro atoms. The molecule has 1 atom stereocenters. The van der Waals surface area contributed by atoms with Crippen molar-refractivity contribution in [3.05, 3.63) is 65.2 Å². The number of benzene rings is 2. The lowest BCUT2D eigenvalue weighted by Crippen LogP contribution is -2.17. The molecule has 0 aliphatic heterocycles. The summed E-state index contributed by atoms with van der Waals surface area (Å²) in [6, 6.07) is 11.0. The van der Waals surface area contributed by atoms with Crippen LogP contribution in [0.1, 0.15) is 18.1 Å². The second-order valence-corrected chi connectivity index (χ2v) is 4.83. The van der Waals surface area contributed by atoms with E-state index in [0.29, 0.717) is 12.0 Å². The summed E-state index contributed by atoms with van der Waals surface area (Å²) in [5.41, 5.74) is 6.88. The van der Waals surface area contributed by atoms with Gasteiger partial charge in [0.2, 0.25) is 0 Å². The normalized spacial score (nSPS) is 12.2. The molecule has 2 rings (SSSR count). The van der Waals surface area contributed by atoms with Gasteiger partial charge in [-0.25, -0.2) is 8.78 Å². The lowest BCUT2D eigenvalue weighted by Gasteiger charge is -2.10. The largest absolute Gasteiger partial charge is 0.486 e. The summed E-state index contributed by atoms with van der Waals surface area (Å²) in [6.07, 6.45) is 0.602. The van der Waals surface area contributed by atoms with Crippen LogP contribution in [0, 0.1) is 11.6 Å². The van der Waals surface area contributed by atoms with E-state index in [1.807, 2.05) is 6.92 Å². The molecule has 1 unspecified atom stereocenters. The smallest absolute Gasteiger partial charge is 0.165 e. The zero-order chi connectivity index (χ0) is 14.5. The van der Waals surface area contributed by atoms with E-state index in [0.717, 1.165) is 5.56 Å². The molecule has 0 aliphatic carbocycles. The van der Waals surface area contributed by atoms with Gasteiger partial charge in [0, 0.05) is 11.6 Å². The third-order valence-corrected chi connectivity index (χ3v) is 2.89. The molecule has 0 aromatic heterocycles. The van der Waals surface area contributed by atoms with Crippen LogP contribution in [0.2, 0.25) is 0 Å². The molecule has 0 bridgehead atoms. The molecule has 106 valence electrons. The summed E-state index contributed by atoms with van der Waals surface area (Å²) in [5, 5.41) is 0. The lowest BCUT2D eigenvalue weighted by atomic mass is 10.1. The van der Waals surface area contributed by atoms with Crippen LogP contribution in [-0.4, -0.2) is 6.04 Å². The Bertz CT molecular complexity index is 584. The van der Waals surface area contributed by atoms with Crippen LogP contribution in [0.3, 0.4) is 0 Å². The van der Waals surface area contributed by atoms with Crippen molar-refractivity contribution in [1.82, 2.24) is 0 Å². The van der Waals surface area contributed by atoms with Gasteiger partial charge in [0.25, 0.3) is 0 Å². The van der Waals surface area contributed by atoms with Gasteiger partial charge in [-0.1, -0.05) is 24.3 Å². The van der Waals surface area contributed by atoms with Gasteiger partial charge >= 0.3 is 0 Å². The molecule has 0 saturated carbocycles. The fourth-order valence-corrected chi connectivity index (χ4v) is 1.93. The molecule has 0 fully saturated rings. The molecule has 2 nitrogen and oxygen atoms in total. The Balaban J connectivity index is 2.05. The second kappa shape index (κ2) is 6.48. The fourth-order valence-electron chi connectivity index (χ4n) is 1.93. The number of hydrogen-bond acceptors (Lipinski definition) is 2. The summed E-state index contributed by atoms with van der Waals surface area (Å²) in [7, 11) is 0. The minimum Gasteiger partial charge on any atom is -0.486 e. The van der Waals surface area contributed by atoms with Crippen LogP contribution < -0.4 is 10.5 Å². The second-order valence-electron chi connectivity index (χ2n) is 4.83. The standard InChI is InChI=1S/C16H17F2NO/c1-11(19)8-12-6-7-16(15(18)9-12)20-10-13-4-2-3-5-14(13)17/h2-7,9,11H,8,10,19H2,1H3. The van der Waals surface area contributed by atoms with Gasteiger partial charge in [-0.05, 0) is 37.1 Å². The molecule has 0 amide bonds. The predicted molar refractivity (Wildman–Crippen MR) is 74.5 cm³/mol. The van der Waals surface area contributed by atoms with Crippen LogP contribution in [0.5, 0.6) is 5.75 Å². The van der Waals surface area contributed by atoms with Crippen LogP contribution >= 0.6 is 0 Å². The summed E-state index contributed by atoms with van der Waals surface area (Å²) in [6.45, 7) is 1.86. The number of ether oxygens (including phenoxy) is 1. The average Bonchev–Trinajstić information content (AvgIpc) is 2.39. The van der Waals surface area contributed by atoms with Crippen LogP contribution in [-0.2, 0) is 13.0 Å². The van der Waals surface area contributed by atoms with Gasteiger partial charge in [-0.2, -0.15) is 0 Å². The number of halogens is 2. The van der Waals surface area contributed by atoms with Crippen LogP contribution in [0.15, 0.2) is 42.5 Å². The van der Waals surface area contributed by atoms with Gasteiger partial charge in [0.05, 0.1) is 0 Å². The highest BCUT2D eigenvalue weighted by Gasteiger charge is 2.08. The topological polar surface area (TPSA) is 35.2 Å². The Morgan fingerprint density at radius 2 is 1.85 bits per heavy atom. The maximum absolute atomic E-state index is 13.8. The van der Waals surface area contributed by atoms with Crippen molar-refractivity contribution in [2.45, 2.75) is 26.0 Å². The SMILES string of the molecule is CC(N)Cc1ccc(OCc2ccccc2F)c(F)c1. The Labute approximate surface area is 117 Å². The molecule has 20 heavy (non-hydrogen) atoms. The van der Waals surface area contributed by atoms with Crippen molar-refractivity contribution in [1.29, 1.82) is 0 Å². The van der Waals surface area contributed by atoms with Crippen molar-refractivity contribution in [2.24, 2.45) is 5.73 Å². The molecule has 2 N–H and O–H groups in total. The van der Waals surface area contributed by atoms with Gasteiger partial charge in [0.15, 0.2) is 11.6 Å². The highest BCUT2D eigenvalue weighted by molar-refractivity contribution is 5.30. The zero-order valence-electron chi connectivity index (χ0n) is 11.3. The first-order valence-electron chi connectivity index (χ1n) is 6.46. The molecule has 4 heteroatoms. The van der Waals surface area contributed by atoms with Crippen molar-refractivity contribution in [3.63, 3.8) is 0 Å². The van der Waals surface area contributed by atoms with E-state index in [1.54, 1.807) is 30.3 Å². The minimum absolute atomic E-state index is 0.00374. The summed E-state index contributed by atoms with van der Waals surface area (Å²) >= 11 is 0. The molecule has 0 saturated heterocycles. The molecule has 0 radical (unpaired) electrons. The Morgan fingerprint density at radius 1 is 1.10 bits per heavy atom. The highest BCUT2D eigenvalue weighted by Crippen LogP contribution is 2.20. The molecule has 2 aromatic rings. The monoisotopic (exact) mass is 277 g/mol.